The fraction of sp³-hybridized carbons (Fsp3) is 0.250. The standard InChI is InChI=1S/C12H13BrN2O2/c1-8(16)11-4-3-9(5-12(11)13)17-10-6-14-15(2)7-10/h3-8,16H,1-2H3. The predicted molar refractivity (Wildman–Crippen MR) is 68.1 cm³/mol. The van der Waals surface area contributed by atoms with Gasteiger partial charge in [-0.2, -0.15) is 5.10 Å². The summed E-state index contributed by atoms with van der Waals surface area (Å²) in [5, 5.41) is 13.5. The number of rotatable bonds is 3. The smallest absolute Gasteiger partial charge is 0.165 e. The van der Waals surface area contributed by atoms with Crippen LogP contribution in [0.4, 0.5) is 0 Å². The molecule has 1 heterocycles. The van der Waals surface area contributed by atoms with Crippen LogP contribution in [0.25, 0.3) is 0 Å². The number of aliphatic hydroxyl groups is 1. The highest BCUT2D eigenvalue weighted by molar-refractivity contribution is 9.10. The number of benzene rings is 1. The van der Waals surface area contributed by atoms with Gasteiger partial charge >= 0.3 is 0 Å². The molecule has 4 nitrogen and oxygen atoms in total. The Balaban J connectivity index is 2.20. The van der Waals surface area contributed by atoms with Crippen LogP contribution in [0.15, 0.2) is 35.1 Å². The van der Waals surface area contributed by atoms with Crippen LogP contribution in [0.3, 0.4) is 0 Å². The lowest BCUT2D eigenvalue weighted by atomic mass is 10.1. The largest absolute Gasteiger partial charge is 0.454 e. The molecule has 0 spiro atoms. The average molecular weight is 297 g/mol. The Morgan fingerprint density at radius 1 is 1.41 bits per heavy atom. The molecule has 1 aromatic heterocycles. The molecular formula is C12H13BrN2O2. The number of hydrogen-bond donors (Lipinski definition) is 1. The Morgan fingerprint density at radius 2 is 2.18 bits per heavy atom. The van der Waals surface area contributed by atoms with E-state index in [2.05, 4.69) is 21.0 Å². The molecule has 2 rings (SSSR count). The van der Waals surface area contributed by atoms with Gasteiger partial charge in [-0.1, -0.05) is 22.0 Å². The number of ether oxygens (including phenoxy) is 1. The zero-order chi connectivity index (χ0) is 12.4. The minimum Gasteiger partial charge on any atom is -0.454 e. The van der Waals surface area contributed by atoms with Crippen LogP contribution >= 0.6 is 15.9 Å². The first-order chi connectivity index (χ1) is 8.06. The van der Waals surface area contributed by atoms with Crippen molar-refractivity contribution in [2.75, 3.05) is 0 Å². The Hall–Kier alpha value is -1.33. The van der Waals surface area contributed by atoms with Crippen LogP contribution in [0.2, 0.25) is 0 Å². The molecule has 0 aliphatic rings. The zero-order valence-electron chi connectivity index (χ0n) is 9.59. The molecule has 1 aromatic carbocycles. The van der Waals surface area contributed by atoms with E-state index in [1.165, 1.54) is 0 Å². The number of aromatic nitrogens is 2. The molecule has 90 valence electrons. The topological polar surface area (TPSA) is 47.3 Å². The molecule has 0 fully saturated rings. The van der Waals surface area contributed by atoms with Gasteiger partial charge in [-0.05, 0) is 24.6 Å². The molecule has 0 saturated heterocycles. The molecule has 0 amide bonds. The number of halogens is 1. The summed E-state index contributed by atoms with van der Waals surface area (Å²) in [6.07, 6.45) is 2.93. The van der Waals surface area contributed by atoms with E-state index in [1.807, 2.05) is 25.2 Å². The van der Waals surface area contributed by atoms with Crippen LogP contribution < -0.4 is 4.74 Å². The Labute approximate surface area is 108 Å². The normalized spacial score (nSPS) is 12.5. The molecular weight excluding hydrogens is 284 g/mol. The second-order valence-electron chi connectivity index (χ2n) is 3.81. The third kappa shape index (κ3) is 2.87. The van der Waals surface area contributed by atoms with Gasteiger partial charge in [0.1, 0.15) is 5.75 Å². The lowest BCUT2D eigenvalue weighted by Crippen LogP contribution is -1.93. The van der Waals surface area contributed by atoms with Crippen molar-refractivity contribution in [3.63, 3.8) is 0 Å². The Morgan fingerprint density at radius 3 is 2.71 bits per heavy atom. The first-order valence-electron chi connectivity index (χ1n) is 5.20. The van der Waals surface area contributed by atoms with Crippen LogP contribution in [0.5, 0.6) is 11.5 Å². The Kier molecular flexibility index (Phi) is 3.49. The predicted octanol–water partition coefficient (Wildman–Crippen LogP) is 3.03. The summed E-state index contributed by atoms with van der Waals surface area (Å²) in [5.41, 5.74) is 0.837. The van der Waals surface area contributed by atoms with E-state index in [9.17, 15) is 5.11 Å². The molecule has 0 aliphatic heterocycles. The number of aliphatic hydroxyl groups excluding tert-OH is 1. The van der Waals surface area contributed by atoms with Gasteiger partial charge in [-0.3, -0.25) is 4.68 Å². The highest BCUT2D eigenvalue weighted by Gasteiger charge is 2.08. The number of aryl methyl sites for hydroxylation is 1. The summed E-state index contributed by atoms with van der Waals surface area (Å²) in [6, 6.07) is 5.48. The summed E-state index contributed by atoms with van der Waals surface area (Å²) in [6.45, 7) is 1.72. The molecule has 17 heavy (non-hydrogen) atoms. The summed E-state index contributed by atoms with van der Waals surface area (Å²) < 4.78 is 8.12. The fourth-order valence-electron chi connectivity index (χ4n) is 1.50. The second kappa shape index (κ2) is 4.89. The highest BCUT2D eigenvalue weighted by Crippen LogP contribution is 2.29. The van der Waals surface area contributed by atoms with Crippen molar-refractivity contribution in [2.45, 2.75) is 13.0 Å². The molecule has 2 aromatic rings. The SMILES string of the molecule is CC(O)c1ccc(Oc2cnn(C)c2)cc1Br. The van der Waals surface area contributed by atoms with Crippen molar-refractivity contribution in [3.8, 4) is 11.5 Å². The molecule has 5 heteroatoms. The van der Waals surface area contributed by atoms with E-state index in [-0.39, 0.29) is 0 Å². The summed E-state index contributed by atoms with van der Waals surface area (Å²) in [7, 11) is 1.83. The summed E-state index contributed by atoms with van der Waals surface area (Å²) in [5.74, 6) is 1.39. The van der Waals surface area contributed by atoms with Crippen LogP contribution in [0.1, 0.15) is 18.6 Å². The van der Waals surface area contributed by atoms with Crippen LogP contribution in [-0.2, 0) is 7.05 Å². The van der Waals surface area contributed by atoms with Crippen molar-refractivity contribution in [3.05, 3.63) is 40.6 Å². The van der Waals surface area contributed by atoms with Crippen molar-refractivity contribution in [1.82, 2.24) is 9.78 Å². The van der Waals surface area contributed by atoms with Gasteiger partial charge < -0.3 is 9.84 Å². The van der Waals surface area contributed by atoms with Crippen molar-refractivity contribution in [1.29, 1.82) is 0 Å². The maximum Gasteiger partial charge on any atom is 0.165 e. The van der Waals surface area contributed by atoms with Gasteiger partial charge in [0.25, 0.3) is 0 Å². The number of hydrogen-bond acceptors (Lipinski definition) is 3. The lowest BCUT2D eigenvalue weighted by Gasteiger charge is -2.09. The monoisotopic (exact) mass is 296 g/mol. The van der Waals surface area contributed by atoms with Gasteiger partial charge in [0.2, 0.25) is 0 Å². The average Bonchev–Trinajstić information content (AvgIpc) is 2.63. The summed E-state index contributed by atoms with van der Waals surface area (Å²) >= 11 is 3.41. The molecule has 0 saturated carbocycles. The van der Waals surface area contributed by atoms with Crippen LogP contribution in [0, 0.1) is 0 Å². The zero-order valence-corrected chi connectivity index (χ0v) is 11.2. The third-order valence-electron chi connectivity index (χ3n) is 2.34. The maximum atomic E-state index is 9.50. The minimum atomic E-state index is -0.503. The maximum absolute atomic E-state index is 9.50. The van der Waals surface area contributed by atoms with E-state index in [0.717, 1.165) is 10.0 Å². The summed E-state index contributed by atoms with van der Waals surface area (Å²) in [4.78, 5) is 0. The van der Waals surface area contributed by atoms with Gasteiger partial charge in [0, 0.05) is 11.5 Å². The molecule has 1 N–H and O–H groups in total. The molecule has 1 unspecified atom stereocenters. The third-order valence-corrected chi connectivity index (χ3v) is 3.03. The van der Waals surface area contributed by atoms with E-state index in [1.54, 1.807) is 24.0 Å². The van der Waals surface area contributed by atoms with Crippen LogP contribution in [-0.4, -0.2) is 14.9 Å². The first kappa shape index (κ1) is 12.1. The lowest BCUT2D eigenvalue weighted by molar-refractivity contribution is 0.198. The molecule has 0 bridgehead atoms. The molecule has 0 radical (unpaired) electrons. The molecule has 0 aliphatic carbocycles. The Bertz CT molecular complexity index is 523. The van der Waals surface area contributed by atoms with Crippen molar-refractivity contribution < 1.29 is 9.84 Å². The van der Waals surface area contributed by atoms with E-state index >= 15 is 0 Å². The molecule has 1 atom stereocenters. The van der Waals surface area contributed by atoms with Gasteiger partial charge in [-0.15, -0.1) is 0 Å². The minimum absolute atomic E-state index is 0.503. The highest BCUT2D eigenvalue weighted by atomic mass is 79.9. The quantitative estimate of drug-likeness (QED) is 0.947. The van der Waals surface area contributed by atoms with Crippen molar-refractivity contribution in [2.24, 2.45) is 7.05 Å². The van der Waals surface area contributed by atoms with Gasteiger partial charge in [0.05, 0.1) is 18.5 Å². The second-order valence-corrected chi connectivity index (χ2v) is 4.67. The fourth-order valence-corrected chi connectivity index (χ4v) is 2.19. The van der Waals surface area contributed by atoms with E-state index < -0.39 is 6.10 Å². The first-order valence-corrected chi connectivity index (χ1v) is 5.99. The van der Waals surface area contributed by atoms with E-state index in [0.29, 0.717) is 11.5 Å². The van der Waals surface area contributed by atoms with Crippen molar-refractivity contribution >= 4 is 15.9 Å². The number of nitrogens with zero attached hydrogens (tertiary/aromatic N) is 2. The van der Waals surface area contributed by atoms with Gasteiger partial charge in [0.15, 0.2) is 5.75 Å². The van der Waals surface area contributed by atoms with E-state index in [4.69, 9.17) is 4.74 Å². The van der Waals surface area contributed by atoms with Gasteiger partial charge in [-0.25, -0.2) is 0 Å².